The Morgan fingerprint density at radius 3 is 1.27 bits per heavy atom. The topological polar surface area (TPSA) is 29.5 Å². The van der Waals surface area contributed by atoms with E-state index in [0.717, 1.165) is 38.7 Å². The minimum Gasteiger partial charge on any atom is -0.391 e. The van der Waals surface area contributed by atoms with Crippen molar-refractivity contribution in [1.82, 2.24) is 0 Å². The second kappa shape index (κ2) is 35.9. The number of hydrogen-bond donors (Lipinski definition) is 1. The molecular weight excluding hydrogens is 488 g/mol. The lowest BCUT2D eigenvalue weighted by molar-refractivity contribution is 0.0297. The zero-order valence-electron chi connectivity index (χ0n) is 27.1. The number of unbranched alkanes of at least 4 members (excludes halogenated alkanes) is 18. The summed E-state index contributed by atoms with van der Waals surface area (Å²) in [6, 6.07) is 0. The largest absolute Gasteiger partial charge is 0.391 e. The molecule has 0 aliphatic heterocycles. The van der Waals surface area contributed by atoms with Crippen LogP contribution in [-0.2, 0) is 4.74 Å². The summed E-state index contributed by atoms with van der Waals surface area (Å²) in [6.45, 7) is 5.83. The maximum absolute atomic E-state index is 10.2. The Morgan fingerprint density at radius 1 is 0.450 bits per heavy atom. The van der Waals surface area contributed by atoms with E-state index in [2.05, 4.69) is 62.5 Å². The highest BCUT2D eigenvalue weighted by Gasteiger charge is 2.04. The standard InChI is InChI=1S/C38H70O2/c1-3-5-7-9-11-13-15-17-19-21-23-25-27-29-31-33-35-38(39)37-40-36-34-32-30-28-26-24-22-20-18-16-14-12-10-8-6-4-2/h11-14,17-20,38-39H,3-10,15-16,21-37H2,1-2H3/b13-11-,14-12-,19-17-,20-18-. The predicted octanol–water partition coefficient (Wildman–Crippen LogP) is 12.4. The van der Waals surface area contributed by atoms with Crippen LogP contribution in [0.5, 0.6) is 0 Å². The van der Waals surface area contributed by atoms with Crippen LogP contribution in [0.4, 0.5) is 0 Å². The Bertz CT molecular complexity index is 574. The van der Waals surface area contributed by atoms with Gasteiger partial charge in [0.2, 0.25) is 0 Å². The highest BCUT2D eigenvalue weighted by molar-refractivity contribution is 4.93. The second-order valence-electron chi connectivity index (χ2n) is 11.7. The molecule has 2 nitrogen and oxygen atoms in total. The number of hydrogen-bond acceptors (Lipinski definition) is 2. The highest BCUT2D eigenvalue weighted by atomic mass is 16.5. The van der Waals surface area contributed by atoms with Gasteiger partial charge in [0.05, 0.1) is 12.7 Å². The molecule has 1 atom stereocenters. The quantitative estimate of drug-likeness (QED) is 0.0657. The van der Waals surface area contributed by atoms with Gasteiger partial charge in [-0.05, 0) is 77.0 Å². The first kappa shape index (κ1) is 38.9. The number of aliphatic hydroxyl groups is 1. The molecule has 0 aromatic rings. The molecule has 0 radical (unpaired) electrons. The Balaban J connectivity index is 3.27. The number of aliphatic hydroxyl groups excluding tert-OH is 1. The lowest BCUT2D eigenvalue weighted by Crippen LogP contribution is -2.15. The molecule has 0 amide bonds. The minimum atomic E-state index is -0.282. The Kier molecular flexibility index (Phi) is 34.9. The van der Waals surface area contributed by atoms with Crippen LogP contribution in [-0.4, -0.2) is 24.4 Å². The lowest BCUT2D eigenvalue weighted by Gasteiger charge is -2.11. The molecule has 0 saturated heterocycles. The summed E-state index contributed by atoms with van der Waals surface area (Å²) in [6.07, 6.45) is 49.6. The molecule has 1 unspecified atom stereocenters. The van der Waals surface area contributed by atoms with Gasteiger partial charge in [-0.15, -0.1) is 0 Å². The average molecular weight is 559 g/mol. The van der Waals surface area contributed by atoms with Crippen molar-refractivity contribution in [3.8, 4) is 0 Å². The normalized spacial score (nSPS) is 13.2. The molecule has 40 heavy (non-hydrogen) atoms. The molecule has 1 N–H and O–H groups in total. The summed E-state index contributed by atoms with van der Waals surface area (Å²) in [7, 11) is 0. The van der Waals surface area contributed by atoms with Crippen molar-refractivity contribution in [2.24, 2.45) is 0 Å². The van der Waals surface area contributed by atoms with Crippen molar-refractivity contribution in [2.45, 2.75) is 180 Å². The van der Waals surface area contributed by atoms with E-state index >= 15 is 0 Å². The molecule has 0 saturated carbocycles. The van der Waals surface area contributed by atoms with Crippen molar-refractivity contribution < 1.29 is 9.84 Å². The van der Waals surface area contributed by atoms with E-state index in [-0.39, 0.29) is 6.10 Å². The Hall–Kier alpha value is -1.12. The van der Waals surface area contributed by atoms with Crippen LogP contribution in [0.2, 0.25) is 0 Å². The number of rotatable bonds is 32. The molecule has 0 spiro atoms. The highest BCUT2D eigenvalue weighted by Crippen LogP contribution is 2.12. The lowest BCUT2D eigenvalue weighted by atomic mass is 10.1. The number of allylic oxidation sites excluding steroid dienone is 8. The molecule has 0 aromatic carbocycles. The zero-order chi connectivity index (χ0) is 29.0. The van der Waals surface area contributed by atoms with Gasteiger partial charge < -0.3 is 9.84 Å². The fourth-order valence-electron chi connectivity index (χ4n) is 4.86. The summed E-state index contributed by atoms with van der Waals surface area (Å²) in [4.78, 5) is 0. The third-order valence-corrected chi connectivity index (χ3v) is 7.54. The van der Waals surface area contributed by atoms with Gasteiger partial charge >= 0.3 is 0 Å². The minimum absolute atomic E-state index is 0.282. The first-order chi connectivity index (χ1) is 19.8. The predicted molar refractivity (Wildman–Crippen MR) is 180 cm³/mol. The van der Waals surface area contributed by atoms with Gasteiger partial charge in [0.25, 0.3) is 0 Å². The van der Waals surface area contributed by atoms with Crippen molar-refractivity contribution >= 4 is 0 Å². The Labute approximate surface area is 251 Å². The molecule has 0 rings (SSSR count). The van der Waals surface area contributed by atoms with Crippen LogP contribution in [0.25, 0.3) is 0 Å². The van der Waals surface area contributed by atoms with Crippen molar-refractivity contribution in [1.29, 1.82) is 0 Å². The molecular formula is C38H70O2. The van der Waals surface area contributed by atoms with Gasteiger partial charge in [-0.2, -0.15) is 0 Å². The van der Waals surface area contributed by atoms with E-state index in [0.29, 0.717) is 6.61 Å². The third kappa shape index (κ3) is 34.9. The average Bonchev–Trinajstić information content (AvgIpc) is 2.96. The molecule has 0 aliphatic rings. The van der Waals surface area contributed by atoms with E-state index in [9.17, 15) is 5.11 Å². The van der Waals surface area contributed by atoms with E-state index in [1.165, 1.54) is 128 Å². The first-order valence-electron chi connectivity index (χ1n) is 17.7. The van der Waals surface area contributed by atoms with Gasteiger partial charge in [0.1, 0.15) is 0 Å². The molecule has 0 bridgehead atoms. The summed E-state index contributed by atoms with van der Waals surface area (Å²) in [5.74, 6) is 0. The van der Waals surface area contributed by atoms with Crippen LogP contribution in [0.15, 0.2) is 48.6 Å². The first-order valence-corrected chi connectivity index (χ1v) is 17.7. The monoisotopic (exact) mass is 559 g/mol. The van der Waals surface area contributed by atoms with Gasteiger partial charge in [0.15, 0.2) is 0 Å². The number of ether oxygens (including phenoxy) is 1. The Morgan fingerprint density at radius 2 is 0.825 bits per heavy atom. The maximum atomic E-state index is 10.2. The van der Waals surface area contributed by atoms with Crippen LogP contribution < -0.4 is 0 Å². The van der Waals surface area contributed by atoms with Crippen LogP contribution in [0.3, 0.4) is 0 Å². The van der Waals surface area contributed by atoms with E-state index in [1.807, 2.05) is 0 Å². The van der Waals surface area contributed by atoms with E-state index < -0.39 is 0 Å². The fraction of sp³-hybridized carbons (Fsp3) is 0.789. The zero-order valence-corrected chi connectivity index (χ0v) is 27.1. The SMILES string of the molecule is CCCCC/C=C\C/C=C\CCCCCCCCOCC(O)CCCCCCCC/C=C\C/C=C\CCCCC. The maximum Gasteiger partial charge on any atom is 0.0773 e. The molecule has 0 aliphatic carbocycles. The fourth-order valence-corrected chi connectivity index (χ4v) is 4.86. The summed E-state index contributed by atoms with van der Waals surface area (Å²) in [5, 5.41) is 10.2. The molecule has 0 aromatic heterocycles. The van der Waals surface area contributed by atoms with Gasteiger partial charge in [0, 0.05) is 6.61 Å². The van der Waals surface area contributed by atoms with Crippen LogP contribution >= 0.6 is 0 Å². The third-order valence-electron chi connectivity index (χ3n) is 7.54. The molecule has 2 heteroatoms. The van der Waals surface area contributed by atoms with E-state index in [4.69, 9.17) is 4.74 Å². The summed E-state index contributed by atoms with van der Waals surface area (Å²) >= 11 is 0. The van der Waals surface area contributed by atoms with Crippen LogP contribution in [0.1, 0.15) is 174 Å². The van der Waals surface area contributed by atoms with Crippen molar-refractivity contribution in [3.05, 3.63) is 48.6 Å². The smallest absolute Gasteiger partial charge is 0.0773 e. The molecule has 0 heterocycles. The van der Waals surface area contributed by atoms with Crippen molar-refractivity contribution in [2.75, 3.05) is 13.2 Å². The van der Waals surface area contributed by atoms with Gasteiger partial charge in [-0.1, -0.05) is 146 Å². The second-order valence-corrected chi connectivity index (χ2v) is 11.7. The molecule has 0 fully saturated rings. The molecule has 234 valence electrons. The summed E-state index contributed by atoms with van der Waals surface area (Å²) < 4.78 is 5.72. The van der Waals surface area contributed by atoms with Gasteiger partial charge in [-0.3, -0.25) is 0 Å². The summed E-state index contributed by atoms with van der Waals surface area (Å²) in [5.41, 5.74) is 0. The van der Waals surface area contributed by atoms with E-state index in [1.54, 1.807) is 0 Å². The van der Waals surface area contributed by atoms with Crippen LogP contribution in [0, 0.1) is 0 Å². The van der Waals surface area contributed by atoms with Gasteiger partial charge in [-0.25, -0.2) is 0 Å². The van der Waals surface area contributed by atoms with Crippen molar-refractivity contribution in [3.63, 3.8) is 0 Å².